The zero-order chi connectivity index (χ0) is 12.9. The fourth-order valence-corrected chi connectivity index (χ4v) is 1.14. The molecule has 2 nitrogen and oxygen atoms in total. The number of benzene rings is 1. The van der Waals surface area contributed by atoms with E-state index in [1.165, 1.54) is 6.07 Å². The fourth-order valence-electron chi connectivity index (χ4n) is 1.14. The standard InChI is InChI=1S/C12H5F3N2/c13-12(14,15)11-7-9(8-17)4-5-10(11)3-1-2-6-16/h4-5,7H,2H2. The number of nitrogens with zero attached hydrogens (tertiary/aromatic N) is 2. The predicted octanol–water partition coefficient (Wildman–Crippen LogP) is 2.84. The molecule has 0 atom stereocenters. The van der Waals surface area contributed by atoms with E-state index in [2.05, 4.69) is 11.8 Å². The van der Waals surface area contributed by atoms with Crippen LogP contribution < -0.4 is 0 Å². The topological polar surface area (TPSA) is 47.6 Å². The minimum Gasteiger partial charge on any atom is -0.197 e. The molecule has 0 aromatic heterocycles. The minimum atomic E-state index is -4.57. The van der Waals surface area contributed by atoms with Crippen LogP contribution in [0, 0.1) is 34.5 Å². The monoisotopic (exact) mass is 234 g/mol. The van der Waals surface area contributed by atoms with Crippen LogP contribution in [0.25, 0.3) is 0 Å². The first-order valence-electron chi connectivity index (χ1n) is 4.46. The summed E-state index contributed by atoms with van der Waals surface area (Å²) in [6, 6.07) is 6.48. The summed E-state index contributed by atoms with van der Waals surface area (Å²) in [5, 5.41) is 16.8. The summed E-state index contributed by atoms with van der Waals surface area (Å²) in [4.78, 5) is 0. The first kappa shape index (κ1) is 12.6. The van der Waals surface area contributed by atoms with Crippen molar-refractivity contribution in [2.75, 3.05) is 0 Å². The highest BCUT2D eigenvalue weighted by atomic mass is 19.4. The third-order valence-electron chi connectivity index (χ3n) is 1.84. The van der Waals surface area contributed by atoms with E-state index in [1.807, 2.05) is 0 Å². The Labute approximate surface area is 95.9 Å². The molecular formula is C12H5F3N2. The lowest BCUT2D eigenvalue weighted by atomic mass is 10.0. The summed E-state index contributed by atoms with van der Waals surface area (Å²) < 4.78 is 37.9. The molecule has 0 bridgehead atoms. The molecule has 0 amide bonds. The summed E-state index contributed by atoms with van der Waals surface area (Å²) in [5.41, 5.74) is -1.27. The van der Waals surface area contributed by atoms with E-state index in [-0.39, 0.29) is 17.5 Å². The molecule has 0 aliphatic rings. The van der Waals surface area contributed by atoms with E-state index in [4.69, 9.17) is 10.5 Å². The second-order valence-electron chi connectivity index (χ2n) is 3.01. The van der Waals surface area contributed by atoms with Gasteiger partial charge in [-0.25, -0.2) is 0 Å². The van der Waals surface area contributed by atoms with E-state index in [1.54, 1.807) is 12.1 Å². The molecule has 0 aliphatic heterocycles. The fraction of sp³-hybridized carbons (Fsp3) is 0.167. The molecule has 84 valence electrons. The van der Waals surface area contributed by atoms with Crippen LogP contribution in [0.2, 0.25) is 0 Å². The largest absolute Gasteiger partial charge is 0.417 e. The lowest BCUT2D eigenvalue weighted by Crippen LogP contribution is -2.08. The molecule has 5 heteroatoms. The van der Waals surface area contributed by atoms with E-state index in [9.17, 15) is 13.2 Å². The van der Waals surface area contributed by atoms with E-state index < -0.39 is 11.7 Å². The van der Waals surface area contributed by atoms with Crippen LogP contribution in [0.1, 0.15) is 23.1 Å². The highest BCUT2D eigenvalue weighted by Gasteiger charge is 2.33. The quantitative estimate of drug-likeness (QED) is 0.648. The SMILES string of the molecule is N#CCC#Cc1ccc(C#N)cc1C(F)(F)F. The Morgan fingerprint density at radius 2 is 1.88 bits per heavy atom. The Balaban J connectivity index is 3.29. The van der Waals surface area contributed by atoms with Crippen LogP contribution in [0.15, 0.2) is 18.2 Å². The van der Waals surface area contributed by atoms with Crippen molar-refractivity contribution in [3.63, 3.8) is 0 Å². The van der Waals surface area contributed by atoms with Gasteiger partial charge in [0.15, 0.2) is 0 Å². The Hall–Kier alpha value is -2.45. The Morgan fingerprint density at radius 1 is 1.18 bits per heavy atom. The number of nitriles is 2. The third-order valence-corrected chi connectivity index (χ3v) is 1.84. The maximum atomic E-state index is 12.6. The third kappa shape index (κ3) is 3.26. The summed E-state index contributed by atoms with van der Waals surface area (Å²) in [6.07, 6.45) is -4.71. The number of halogens is 3. The molecule has 0 unspecified atom stereocenters. The molecule has 0 fully saturated rings. The first-order valence-corrected chi connectivity index (χ1v) is 4.46. The minimum absolute atomic E-state index is 0.0804. The van der Waals surface area contributed by atoms with Crippen molar-refractivity contribution in [2.24, 2.45) is 0 Å². The Kier molecular flexibility index (Phi) is 3.75. The molecule has 0 saturated carbocycles. The van der Waals surface area contributed by atoms with Crippen molar-refractivity contribution in [1.29, 1.82) is 10.5 Å². The van der Waals surface area contributed by atoms with Gasteiger partial charge in [-0.1, -0.05) is 11.8 Å². The maximum Gasteiger partial charge on any atom is 0.417 e. The molecule has 0 radical (unpaired) electrons. The highest BCUT2D eigenvalue weighted by Crippen LogP contribution is 2.32. The Morgan fingerprint density at radius 3 is 2.41 bits per heavy atom. The second kappa shape index (κ2) is 5.05. The number of hydrogen-bond acceptors (Lipinski definition) is 2. The van der Waals surface area contributed by atoms with Gasteiger partial charge < -0.3 is 0 Å². The van der Waals surface area contributed by atoms with Gasteiger partial charge in [0.25, 0.3) is 0 Å². The molecule has 0 heterocycles. The van der Waals surface area contributed by atoms with Crippen LogP contribution in [-0.2, 0) is 6.18 Å². The van der Waals surface area contributed by atoms with Gasteiger partial charge >= 0.3 is 6.18 Å². The highest BCUT2D eigenvalue weighted by molar-refractivity contribution is 5.47. The molecule has 1 aromatic carbocycles. The molecule has 1 aromatic rings. The van der Waals surface area contributed by atoms with Crippen molar-refractivity contribution < 1.29 is 13.2 Å². The average Bonchev–Trinajstić information content (AvgIpc) is 2.28. The van der Waals surface area contributed by atoms with Crippen LogP contribution in [0.4, 0.5) is 13.2 Å². The van der Waals surface area contributed by atoms with Gasteiger partial charge in [0.2, 0.25) is 0 Å². The van der Waals surface area contributed by atoms with Crippen molar-refractivity contribution in [3.8, 4) is 24.0 Å². The zero-order valence-electron chi connectivity index (χ0n) is 8.47. The molecule has 17 heavy (non-hydrogen) atoms. The summed E-state index contributed by atoms with van der Waals surface area (Å²) >= 11 is 0. The maximum absolute atomic E-state index is 12.6. The van der Waals surface area contributed by atoms with Crippen LogP contribution in [0.5, 0.6) is 0 Å². The lowest BCUT2D eigenvalue weighted by Gasteiger charge is -2.09. The molecular weight excluding hydrogens is 229 g/mol. The predicted molar refractivity (Wildman–Crippen MR) is 53.3 cm³/mol. The first-order chi connectivity index (χ1) is 7.99. The Bertz CT molecular complexity index is 563. The van der Waals surface area contributed by atoms with Gasteiger partial charge in [-0.05, 0) is 18.2 Å². The van der Waals surface area contributed by atoms with Crippen molar-refractivity contribution >= 4 is 0 Å². The molecule has 0 N–H and O–H groups in total. The van der Waals surface area contributed by atoms with Crippen LogP contribution >= 0.6 is 0 Å². The van der Waals surface area contributed by atoms with Crippen molar-refractivity contribution in [3.05, 3.63) is 34.9 Å². The molecule has 1 rings (SSSR count). The zero-order valence-corrected chi connectivity index (χ0v) is 8.47. The van der Waals surface area contributed by atoms with Crippen molar-refractivity contribution in [1.82, 2.24) is 0 Å². The average molecular weight is 234 g/mol. The lowest BCUT2D eigenvalue weighted by molar-refractivity contribution is -0.137. The number of hydrogen-bond donors (Lipinski definition) is 0. The molecule has 0 saturated heterocycles. The summed E-state index contributed by atoms with van der Waals surface area (Å²) in [5.74, 6) is 4.58. The van der Waals surface area contributed by atoms with Gasteiger partial charge in [0.05, 0.1) is 29.7 Å². The van der Waals surface area contributed by atoms with Gasteiger partial charge in [-0.15, -0.1) is 0 Å². The van der Waals surface area contributed by atoms with Crippen molar-refractivity contribution in [2.45, 2.75) is 12.6 Å². The van der Waals surface area contributed by atoms with Gasteiger partial charge in [-0.2, -0.15) is 23.7 Å². The van der Waals surface area contributed by atoms with E-state index >= 15 is 0 Å². The molecule has 0 spiro atoms. The van der Waals surface area contributed by atoms with E-state index in [0.717, 1.165) is 12.1 Å². The van der Waals surface area contributed by atoms with Gasteiger partial charge in [0, 0.05) is 5.56 Å². The normalized spacial score (nSPS) is 9.71. The van der Waals surface area contributed by atoms with Crippen LogP contribution in [-0.4, -0.2) is 0 Å². The smallest absolute Gasteiger partial charge is 0.197 e. The summed E-state index contributed by atoms with van der Waals surface area (Å²) in [6.45, 7) is 0. The van der Waals surface area contributed by atoms with Gasteiger partial charge in [-0.3, -0.25) is 0 Å². The van der Waals surface area contributed by atoms with E-state index in [0.29, 0.717) is 0 Å². The second-order valence-corrected chi connectivity index (χ2v) is 3.01. The van der Waals surface area contributed by atoms with Gasteiger partial charge in [0.1, 0.15) is 0 Å². The number of rotatable bonds is 0. The van der Waals surface area contributed by atoms with Crippen LogP contribution in [0.3, 0.4) is 0 Å². The summed E-state index contributed by atoms with van der Waals surface area (Å²) in [7, 11) is 0. The molecule has 0 aliphatic carbocycles. The number of alkyl halides is 3.